The summed E-state index contributed by atoms with van der Waals surface area (Å²) in [6, 6.07) is 11.3. The lowest BCUT2D eigenvalue weighted by atomic mass is 10.1. The monoisotopic (exact) mass is 294 g/mol. The van der Waals surface area contributed by atoms with E-state index >= 15 is 0 Å². The van der Waals surface area contributed by atoms with E-state index in [9.17, 15) is 0 Å². The van der Waals surface area contributed by atoms with Crippen molar-refractivity contribution < 1.29 is 0 Å². The molecule has 1 aromatic rings. The molecule has 1 rings (SSSR count). The summed E-state index contributed by atoms with van der Waals surface area (Å²) in [5.41, 5.74) is 1.41. The Bertz CT molecular complexity index is 325. The van der Waals surface area contributed by atoms with Crippen LogP contribution in [0.1, 0.15) is 38.8 Å². The number of hydrogen-bond donors (Lipinski definition) is 1. The molecular formula is C17H30N2S. The number of nitrogens with one attached hydrogen (secondary N) is 1. The van der Waals surface area contributed by atoms with Crippen LogP contribution in [0.4, 0.5) is 0 Å². The molecule has 0 aliphatic heterocycles. The van der Waals surface area contributed by atoms with Crippen LogP contribution < -0.4 is 5.32 Å². The molecule has 0 radical (unpaired) electrons. The quantitative estimate of drug-likeness (QED) is 0.625. The second kappa shape index (κ2) is 11.2. The predicted octanol–water partition coefficient (Wildman–Crippen LogP) is 3.80. The van der Waals surface area contributed by atoms with Gasteiger partial charge in [-0.05, 0) is 31.6 Å². The van der Waals surface area contributed by atoms with Gasteiger partial charge in [0.15, 0.2) is 0 Å². The second-order valence-corrected chi connectivity index (χ2v) is 6.17. The van der Waals surface area contributed by atoms with Gasteiger partial charge in [0, 0.05) is 24.1 Å². The Morgan fingerprint density at radius 2 is 1.80 bits per heavy atom. The Labute approximate surface area is 129 Å². The molecule has 0 spiro atoms. The normalized spacial score (nSPS) is 12.8. The molecule has 20 heavy (non-hydrogen) atoms. The summed E-state index contributed by atoms with van der Waals surface area (Å²) in [7, 11) is 0. The molecule has 1 N–H and O–H groups in total. The first-order chi connectivity index (χ1) is 9.81. The summed E-state index contributed by atoms with van der Waals surface area (Å²) in [6.45, 7) is 11.3. The minimum Gasteiger partial charge on any atom is -0.309 e. The van der Waals surface area contributed by atoms with Crippen molar-refractivity contribution >= 4 is 11.8 Å². The Hall–Kier alpha value is -0.510. The van der Waals surface area contributed by atoms with Crippen molar-refractivity contribution in [2.45, 2.75) is 33.2 Å². The van der Waals surface area contributed by atoms with Gasteiger partial charge in [-0.2, -0.15) is 11.8 Å². The third-order valence-corrected chi connectivity index (χ3v) is 4.61. The van der Waals surface area contributed by atoms with Crippen LogP contribution in [0.15, 0.2) is 30.3 Å². The van der Waals surface area contributed by atoms with E-state index in [0.29, 0.717) is 6.04 Å². The lowest BCUT2D eigenvalue weighted by Gasteiger charge is -2.21. The standard InChI is InChI=1S/C17H30N2S/c1-4-12-18-17(16-10-8-7-9-11-16)15-20-14-13-19(5-2)6-3/h7-11,17-18H,4-6,12-15H2,1-3H3. The number of benzene rings is 1. The molecule has 1 aromatic carbocycles. The summed E-state index contributed by atoms with van der Waals surface area (Å²) in [4.78, 5) is 2.49. The molecule has 2 nitrogen and oxygen atoms in total. The van der Waals surface area contributed by atoms with E-state index in [4.69, 9.17) is 0 Å². The Morgan fingerprint density at radius 1 is 1.10 bits per heavy atom. The molecule has 3 heteroatoms. The highest BCUT2D eigenvalue weighted by atomic mass is 32.2. The highest BCUT2D eigenvalue weighted by molar-refractivity contribution is 7.99. The zero-order chi connectivity index (χ0) is 14.6. The van der Waals surface area contributed by atoms with Gasteiger partial charge in [0.1, 0.15) is 0 Å². The fourth-order valence-electron chi connectivity index (χ4n) is 2.21. The zero-order valence-electron chi connectivity index (χ0n) is 13.3. The number of nitrogens with zero attached hydrogens (tertiary/aromatic N) is 1. The topological polar surface area (TPSA) is 15.3 Å². The summed E-state index contributed by atoms with van der Waals surface area (Å²) in [5.74, 6) is 2.38. The third kappa shape index (κ3) is 6.78. The smallest absolute Gasteiger partial charge is 0.0411 e. The molecular weight excluding hydrogens is 264 g/mol. The maximum Gasteiger partial charge on any atom is 0.0411 e. The molecule has 114 valence electrons. The van der Waals surface area contributed by atoms with Crippen molar-refractivity contribution in [1.82, 2.24) is 10.2 Å². The highest BCUT2D eigenvalue weighted by Crippen LogP contribution is 2.18. The molecule has 0 aromatic heterocycles. The van der Waals surface area contributed by atoms with Crippen molar-refractivity contribution in [3.63, 3.8) is 0 Å². The molecule has 0 heterocycles. The molecule has 0 bridgehead atoms. The van der Waals surface area contributed by atoms with Gasteiger partial charge in [-0.15, -0.1) is 0 Å². The van der Waals surface area contributed by atoms with Crippen molar-refractivity contribution in [3.05, 3.63) is 35.9 Å². The van der Waals surface area contributed by atoms with Gasteiger partial charge < -0.3 is 10.2 Å². The van der Waals surface area contributed by atoms with Crippen LogP contribution in [-0.4, -0.2) is 42.6 Å². The van der Waals surface area contributed by atoms with Gasteiger partial charge in [-0.25, -0.2) is 0 Å². The first-order valence-electron chi connectivity index (χ1n) is 7.90. The van der Waals surface area contributed by atoms with E-state index in [-0.39, 0.29) is 0 Å². The van der Waals surface area contributed by atoms with Crippen LogP contribution in [0.3, 0.4) is 0 Å². The minimum atomic E-state index is 0.484. The van der Waals surface area contributed by atoms with Gasteiger partial charge in [0.2, 0.25) is 0 Å². The van der Waals surface area contributed by atoms with Gasteiger partial charge in [0.05, 0.1) is 0 Å². The van der Waals surface area contributed by atoms with Crippen LogP contribution in [-0.2, 0) is 0 Å². The molecule has 0 saturated heterocycles. The summed E-state index contributed by atoms with van der Waals surface area (Å²) in [5, 5.41) is 3.67. The Balaban J connectivity index is 2.38. The molecule has 1 atom stereocenters. The lowest BCUT2D eigenvalue weighted by molar-refractivity contribution is 0.324. The number of rotatable bonds is 11. The maximum absolute atomic E-state index is 3.67. The maximum atomic E-state index is 3.67. The van der Waals surface area contributed by atoms with Crippen LogP contribution in [0, 0.1) is 0 Å². The number of thioether (sulfide) groups is 1. The fraction of sp³-hybridized carbons (Fsp3) is 0.647. The second-order valence-electron chi connectivity index (χ2n) is 5.02. The molecule has 1 unspecified atom stereocenters. The molecule has 0 fully saturated rings. The van der Waals surface area contributed by atoms with Gasteiger partial charge in [-0.1, -0.05) is 51.1 Å². The van der Waals surface area contributed by atoms with E-state index in [0.717, 1.165) is 25.4 Å². The molecule has 0 aliphatic carbocycles. The van der Waals surface area contributed by atoms with Crippen molar-refractivity contribution in [2.24, 2.45) is 0 Å². The van der Waals surface area contributed by atoms with Crippen molar-refractivity contribution in [2.75, 3.05) is 37.7 Å². The summed E-state index contributed by atoms with van der Waals surface area (Å²) in [6.07, 6.45) is 1.19. The van der Waals surface area contributed by atoms with Gasteiger partial charge in [0.25, 0.3) is 0 Å². The highest BCUT2D eigenvalue weighted by Gasteiger charge is 2.10. The summed E-state index contributed by atoms with van der Waals surface area (Å²) >= 11 is 2.06. The van der Waals surface area contributed by atoms with Crippen LogP contribution >= 0.6 is 11.8 Å². The van der Waals surface area contributed by atoms with Crippen molar-refractivity contribution in [3.8, 4) is 0 Å². The van der Waals surface area contributed by atoms with E-state index < -0.39 is 0 Å². The van der Waals surface area contributed by atoms with E-state index in [1.807, 2.05) is 0 Å². The minimum absolute atomic E-state index is 0.484. The van der Waals surface area contributed by atoms with E-state index in [2.05, 4.69) is 73.1 Å². The van der Waals surface area contributed by atoms with Crippen LogP contribution in [0.2, 0.25) is 0 Å². The van der Waals surface area contributed by atoms with Gasteiger partial charge >= 0.3 is 0 Å². The fourth-order valence-corrected chi connectivity index (χ4v) is 3.31. The van der Waals surface area contributed by atoms with Crippen LogP contribution in [0.5, 0.6) is 0 Å². The molecule has 0 amide bonds. The Kier molecular flexibility index (Phi) is 9.81. The molecule has 0 saturated carbocycles. The number of hydrogen-bond acceptors (Lipinski definition) is 3. The lowest BCUT2D eigenvalue weighted by Crippen LogP contribution is -2.27. The Morgan fingerprint density at radius 3 is 2.40 bits per heavy atom. The predicted molar refractivity (Wildman–Crippen MR) is 92.6 cm³/mol. The SMILES string of the molecule is CCCNC(CSCCN(CC)CC)c1ccccc1. The van der Waals surface area contributed by atoms with E-state index in [1.54, 1.807) is 0 Å². The summed E-state index contributed by atoms with van der Waals surface area (Å²) < 4.78 is 0. The zero-order valence-corrected chi connectivity index (χ0v) is 14.1. The van der Waals surface area contributed by atoms with Crippen LogP contribution in [0.25, 0.3) is 0 Å². The first-order valence-corrected chi connectivity index (χ1v) is 9.05. The average molecular weight is 295 g/mol. The van der Waals surface area contributed by atoms with Gasteiger partial charge in [-0.3, -0.25) is 0 Å². The first kappa shape index (κ1) is 17.5. The van der Waals surface area contributed by atoms with Crippen molar-refractivity contribution in [1.29, 1.82) is 0 Å². The average Bonchev–Trinajstić information content (AvgIpc) is 2.51. The largest absolute Gasteiger partial charge is 0.309 e. The van der Waals surface area contributed by atoms with E-state index in [1.165, 1.54) is 24.3 Å². The molecule has 0 aliphatic rings. The third-order valence-electron chi connectivity index (χ3n) is 3.57.